The summed E-state index contributed by atoms with van der Waals surface area (Å²) in [5.41, 5.74) is -0.478. The van der Waals surface area contributed by atoms with Gasteiger partial charge in [0.1, 0.15) is 11.6 Å². The summed E-state index contributed by atoms with van der Waals surface area (Å²) in [6.45, 7) is 10.5. The van der Waals surface area contributed by atoms with Gasteiger partial charge in [-0.15, -0.1) is 0 Å². The zero-order valence-corrected chi connectivity index (χ0v) is 12.4. The quantitative estimate of drug-likeness (QED) is 0.777. The highest BCUT2D eigenvalue weighted by Crippen LogP contribution is 2.15. The predicted octanol–water partition coefficient (Wildman–Crippen LogP) is 1.15. The van der Waals surface area contributed by atoms with Crippen molar-refractivity contribution in [2.24, 2.45) is 0 Å². The molecule has 1 rings (SSSR count). The maximum absolute atomic E-state index is 11.7. The van der Waals surface area contributed by atoms with Crippen LogP contribution in [0.3, 0.4) is 0 Å². The van der Waals surface area contributed by atoms with E-state index in [1.807, 2.05) is 20.8 Å². The number of hydrogen-bond acceptors (Lipinski definition) is 5. The Bertz CT molecular complexity index is 332. The normalized spacial score (nSPS) is 17.6. The molecule has 1 fully saturated rings. The van der Waals surface area contributed by atoms with Crippen LogP contribution in [0.5, 0.6) is 0 Å². The SMILES string of the molecule is CCOC(=O)C(C)NC1CN(C(=O)OC(C)(C)C)C1. The van der Waals surface area contributed by atoms with E-state index in [0.29, 0.717) is 19.7 Å². The van der Waals surface area contributed by atoms with Gasteiger partial charge in [-0.3, -0.25) is 10.1 Å². The monoisotopic (exact) mass is 272 g/mol. The molecule has 1 atom stereocenters. The summed E-state index contributed by atoms with van der Waals surface area (Å²) in [6, 6.07) is -0.238. The van der Waals surface area contributed by atoms with Gasteiger partial charge in [-0.25, -0.2) is 4.79 Å². The number of ether oxygens (including phenoxy) is 2. The lowest BCUT2D eigenvalue weighted by atomic mass is 10.1. The Morgan fingerprint density at radius 3 is 2.42 bits per heavy atom. The molecule has 0 bridgehead atoms. The topological polar surface area (TPSA) is 67.9 Å². The predicted molar refractivity (Wildman–Crippen MR) is 70.8 cm³/mol. The Kier molecular flexibility index (Phi) is 5.17. The van der Waals surface area contributed by atoms with Crippen LogP contribution in [-0.4, -0.2) is 54.3 Å². The third kappa shape index (κ3) is 5.06. The van der Waals surface area contributed by atoms with E-state index in [9.17, 15) is 9.59 Å². The van der Waals surface area contributed by atoms with Gasteiger partial charge in [-0.2, -0.15) is 0 Å². The lowest BCUT2D eigenvalue weighted by molar-refractivity contribution is -0.145. The fraction of sp³-hybridized carbons (Fsp3) is 0.846. The van der Waals surface area contributed by atoms with Gasteiger partial charge in [0.05, 0.1) is 6.61 Å². The zero-order valence-electron chi connectivity index (χ0n) is 12.4. The molecular formula is C13H24N2O4. The molecule has 1 aliphatic rings. The molecule has 6 nitrogen and oxygen atoms in total. The highest BCUT2D eigenvalue weighted by atomic mass is 16.6. The molecule has 0 aromatic carbocycles. The van der Waals surface area contributed by atoms with E-state index in [1.54, 1.807) is 18.7 Å². The molecule has 6 heteroatoms. The number of nitrogens with one attached hydrogen (secondary N) is 1. The number of nitrogens with zero attached hydrogens (tertiary/aromatic N) is 1. The van der Waals surface area contributed by atoms with Crippen LogP contribution < -0.4 is 5.32 Å². The number of carbonyl (C=O) groups excluding carboxylic acids is 2. The van der Waals surface area contributed by atoms with E-state index in [4.69, 9.17) is 9.47 Å². The number of amides is 1. The van der Waals surface area contributed by atoms with E-state index < -0.39 is 5.60 Å². The van der Waals surface area contributed by atoms with Gasteiger partial charge in [0.15, 0.2) is 0 Å². The van der Waals surface area contributed by atoms with Gasteiger partial charge in [-0.05, 0) is 34.6 Å². The van der Waals surface area contributed by atoms with Crippen molar-refractivity contribution in [3.8, 4) is 0 Å². The van der Waals surface area contributed by atoms with Crippen LogP contribution in [0.15, 0.2) is 0 Å². The Labute approximate surface area is 114 Å². The van der Waals surface area contributed by atoms with Crippen LogP contribution in [0.1, 0.15) is 34.6 Å². The number of carbonyl (C=O) groups is 2. The fourth-order valence-electron chi connectivity index (χ4n) is 1.75. The average molecular weight is 272 g/mol. The van der Waals surface area contributed by atoms with Gasteiger partial charge in [0.2, 0.25) is 0 Å². The summed E-state index contributed by atoms with van der Waals surface area (Å²) in [7, 11) is 0. The molecule has 110 valence electrons. The molecular weight excluding hydrogens is 248 g/mol. The second kappa shape index (κ2) is 6.23. The Hall–Kier alpha value is -1.30. The molecule has 1 unspecified atom stereocenters. The third-order valence-corrected chi connectivity index (χ3v) is 2.66. The van der Waals surface area contributed by atoms with Crippen LogP contribution in [0.4, 0.5) is 4.79 Å². The second-order valence-corrected chi connectivity index (χ2v) is 5.72. The molecule has 1 heterocycles. The van der Waals surface area contributed by atoms with Crippen molar-refractivity contribution in [3.63, 3.8) is 0 Å². The fourth-order valence-corrected chi connectivity index (χ4v) is 1.75. The van der Waals surface area contributed by atoms with Gasteiger partial charge in [-0.1, -0.05) is 0 Å². The Morgan fingerprint density at radius 2 is 1.95 bits per heavy atom. The Balaban J connectivity index is 2.27. The average Bonchev–Trinajstić information content (AvgIpc) is 2.19. The molecule has 1 amide bonds. The summed E-state index contributed by atoms with van der Waals surface area (Å²) in [5, 5.41) is 3.12. The lowest BCUT2D eigenvalue weighted by Crippen LogP contribution is -2.62. The van der Waals surface area contributed by atoms with Crippen molar-refractivity contribution >= 4 is 12.1 Å². The minimum absolute atomic E-state index is 0.118. The van der Waals surface area contributed by atoms with Gasteiger partial charge in [0, 0.05) is 19.1 Å². The van der Waals surface area contributed by atoms with E-state index in [0.717, 1.165) is 0 Å². The minimum atomic E-state index is -0.478. The van der Waals surface area contributed by atoms with Gasteiger partial charge < -0.3 is 14.4 Å². The number of esters is 1. The largest absolute Gasteiger partial charge is 0.465 e. The third-order valence-electron chi connectivity index (χ3n) is 2.66. The second-order valence-electron chi connectivity index (χ2n) is 5.72. The summed E-state index contributed by atoms with van der Waals surface area (Å²) in [4.78, 5) is 24.7. The van der Waals surface area contributed by atoms with E-state index in [2.05, 4.69) is 5.32 Å². The molecule has 0 saturated carbocycles. The van der Waals surface area contributed by atoms with Crippen molar-refractivity contribution in [2.45, 2.75) is 52.3 Å². The van der Waals surface area contributed by atoms with Crippen molar-refractivity contribution < 1.29 is 19.1 Å². The van der Waals surface area contributed by atoms with Crippen molar-refractivity contribution in [2.75, 3.05) is 19.7 Å². The molecule has 0 aromatic heterocycles. The summed E-state index contributed by atoms with van der Waals surface area (Å²) >= 11 is 0. The van der Waals surface area contributed by atoms with E-state index in [-0.39, 0.29) is 24.1 Å². The van der Waals surface area contributed by atoms with Crippen molar-refractivity contribution in [1.29, 1.82) is 0 Å². The van der Waals surface area contributed by atoms with Crippen LogP contribution in [0.2, 0.25) is 0 Å². The number of likely N-dealkylation sites (tertiary alicyclic amines) is 1. The van der Waals surface area contributed by atoms with Crippen LogP contribution in [-0.2, 0) is 14.3 Å². The molecule has 1 N–H and O–H groups in total. The van der Waals surface area contributed by atoms with Crippen LogP contribution >= 0.6 is 0 Å². The molecule has 0 radical (unpaired) electrons. The maximum Gasteiger partial charge on any atom is 0.410 e. The Morgan fingerprint density at radius 1 is 1.37 bits per heavy atom. The maximum atomic E-state index is 11.7. The molecule has 0 aliphatic carbocycles. The molecule has 0 aromatic rings. The molecule has 0 spiro atoms. The highest BCUT2D eigenvalue weighted by Gasteiger charge is 2.35. The minimum Gasteiger partial charge on any atom is -0.465 e. The summed E-state index contributed by atoms with van der Waals surface area (Å²) in [5.74, 6) is -0.266. The standard InChI is InChI=1S/C13H24N2O4/c1-6-18-11(16)9(2)14-10-7-15(8-10)12(17)19-13(3,4)5/h9-10,14H,6-8H2,1-5H3. The van der Waals surface area contributed by atoms with Crippen LogP contribution in [0.25, 0.3) is 0 Å². The highest BCUT2D eigenvalue weighted by molar-refractivity contribution is 5.75. The first-order chi connectivity index (χ1) is 8.73. The van der Waals surface area contributed by atoms with E-state index >= 15 is 0 Å². The van der Waals surface area contributed by atoms with Gasteiger partial charge in [0.25, 0.3) is 0 Å². The van der Waals surface area contributed by atoms with Gasteiger partial charge >= 0.3 is 12.1 Å². The first-order valence-electron chi connectivity index (χ1n) is 6.63. The first-order valence-corrected chi connectivity index (χ1v) is 6.63. The zero-order chi connectivity index (χ0) is 14.6. The van der Waals surface area contributed by atoms with E-state index in [1.165, 1.54) is 0 Å². The lowest BCUT2D eigenvalue weighted by Gasteiger charge is -2.41. The summed E-state index contributed by atoms with van der Waals surface area (Å²) in [6.07, 6.45) is -0.311. The van der Waals surface area contributed by atoms with Crippen molar-refractivity contribution in [3.05, 3.63) is 0 Å². The first kappa shape index (κ1) is 15.8. The van der Waals surface area contributed by atoms with Crippen LogP contribution in [0, 0.1) is 0 Å². The van der Waals surface area contributed by atoms with Crippen molar-refractivity contribution in [1.82, 2.24) is 10.2 Å². The number of hydrogen-bond donors (Lipinski definition) is 1. The molecule has 1 saturated heterocycles. The number of rotatable bonds is 4. The molecule has 19 heavy (non-hydrogen) atoms. The smallest absolute Gasteiger partial charge is 0.410 e. The summed E-state index contributed by atoms with van der Waals surface area (Å²) < 4.78 is 10.2. The molecule has 1 aliphatic heterocycles.